The summed E-state index contributed by atoms with van der Waals surface area (Å²) in [5, 5.41) is 6.42. The van der Waals surface area contributed by atoms with E-state index in [-0.39, 0.29) is 5.24 Å². The average molecular weight is 409 g/mol. The number of imidazole rings is 1. The highest BCUT2D eigenvalue weighted by atomic mass is 32.2. The second-order valence-electron chi connectivity index (χ2n) is 6.70. The Morgan fingerprint density at radius 2 is 1.97 bits per heavy atom. The van der Waals surface area contributed by atoms with Crippen molar-refractivity contribution in [1.29, 1.82) is 0 Å². The quantitative estimate of drug-likeness (QED) is 0.626. The van der Waals surface area contributed by atoms with Gasteiger partial charge in [0.25, 0.3) is 11.1 Å². The fourth-order valence-corrected chi connectivity index (χ4v) is 3.45. The topological polar surface area (TPSA) is 88.8 Å². The molecule has 0 spiro atoms. The first-order valence-corrected chi connectivity index (χ1v) is 9.79. The van der Waals surface area contributed by atoms with E-state index in [1.165, 1.54) is 0 Å². The van der Waals surface area contributed by atoms with Crippen molar-refractivity contribution in [3.63, 3.8) is 0 Å². The molecule has 0 atom stereocenters. The summed E-state index contributed by atoms with van der Waals surface area (Å²) in [6.07, 6.45) is 3.34. The molecule has 0 unspecified atom stereocenters. The summed E-state index contributed by atoms with van der Waals surface area (Å²) >= 11 is 0.866. The molecule has 3 heterocycles. The number of ether oxygens (including phenoxy) is 1. The van der Waals surface area contributed by atoms with E-state index >= 15 is 0 Å². The largest absolute Gasteiger partial charge is 0.492 e. The van der Waals surface area contributed by atoms with Crippen molar-refractivity contribution in [2.24, 2.45) is 0 Å². The molecule has 4 rings (SSSR count). The number of imide groups is 1. The molecule has 0 radical (unpaired) electrons. The van der Waals surface area contributed by atoms with Crippen LogP contribution in [0.5, 0.6) is 5.75 Å². The zero-order valence-electron chi connectivity index (χ0n) is 16.0. The maximum absolute atomic E-state index is 11.8. The van der Waals surface area contributed by atoms with E-state index in [2.05, 4.69) is 20.3 Å². The molecule has 0 aliphatic carbocycles. The number of amides is 2. The molecule has 1 aliphatic rings. The number of hydrogen-bond acceptors (Lipinski definition) is 7. The highest BCUT2D eigenvalue weighted by Gasteiger charge is 2.25. The van der Waals surface area contributed by atoms with E-state index in [9.17, 15) is 9.59 Å². The highest BCUT2D eigenvalue weighted by Crippen LogP contribution is 2.26. The van der Waals surface area contributed by atoms with Crippen molar-refractivity contribution >= 4 is 34.6 Å². The Kier molecular flexibility index (Phi) is 5.32. The first kappa shape index (κ1) is 19.2. The van der Waals surface area contributed by atoms with Crippen molar-refractivity contribution in [3.05, 3.63) is 53.2 Å². The van der Waals surface area contributed by atoms with Crippen molar-refractivity contribution < 1.29 is 14.3 Å². The molecule has 1 aromatic carbocycles. The van der Waals surface area contributed by atoms with Crippen LogP contribution in [0.15, 0.2) is 47.5 Å². The van der Waals surface area contributed by atoms with Gasteiger partial charge in [-0.1, -0.05) is 0 Å². The Hall–Kier alpha value is -3.17. The lowest BCUT2D eigenvalue weighted by Crippen LogP contribution is -2.19. The standard InChI is InChI=1S/C20H19N5O3S/c1-24(2)9-10-28-15-6-3-13(4-7-15)16-12-21-18-8-5-14(23-25(16)18)11-17-19(26)22-20(27)29-17/h3-8,11-12H,9-10H2,1-2H3,(H,22,26,27)/b17-11-. The van der Waals surface area contributed by atoms with Gasteiger partial charge in [0.2, 0.25) is 0 Å². The van der Waals surface area contributed by atoms with Crippen LogP contribution in [-0.2, 0) is 4.79 Å². The minimum Gasteiger partial charge on any atom is -0.492 e. The molecular weight excluding hydrogens is 390 g/mol. The van der Waals surface area contributed by atoms with Gasteiger partial charge in [0.05, 0.1) is 22.5 Å². The van der Waals surface area contributed by atoms with E-state index in [0.29, 0.717) is 22.9 Å². The number of carbonyl (C=O) groups excluding carboxylic acids is 2. The van der Waals surface area contributed by atoms with Crippen LogP contribution in [0.4, 0.5) is 4.79 Å². The fraction of sp³-hybridized carbons (Fsp3) is 0.200. The number of likely N-dealkylation sites (N-methyl/N-ethyl adjacent to an activating group) is 1. The zero-order chi connectivity index (χ0) is 20.4. The molecular formula is C20H19N5O3S. The number of carbonyl (C=O) groups is 2. The zero-order valence-corrected chi connectivity index (χ0v) is 16.8. The molecule has 0 saturated carbocycles. The average Bonchev–Trinajstić information content (AvgIpc) is 3.24. The number of aromatic nitrogens is 3. The van der Waals surface area contributed by atoms with Gasteiger partial charge in [-0.2, -0.15) is 5.10 Å². The number of nitrogens with zero attached hydrogens (tertiary/aromatic N) is 4. The van der Waals surface area contributed by atoms with Crippen LogP contribution in [0.25, 0.3) is 23.0 Å². The van der Waals surface area contributed by atoms with Crippen LogP contribution in [-0.4, -0.2) is 57.9 Å². The van der Waals surface area contributed by atoms with E-state index in [1.807, 2.05) is 44.4 Å². The Morgan fingerprint density at radius 3 is 2.66 bits per heavy atom. The third-order valence-electron chi connectivity index (χ3n) is 4.26. The second kappa shape index (κ2) is 8.06. The summed E-state index contributed by atoms with van der Waals surface area (Å²) in [6, 6.07) is 11.3. The molecule has 0 bridgehead atoms. The molecule has 1 fully saturated rings. The lowest BCUT2D eigenvalue weighted by atomic mass is 10.1. The Morgan fingerprint density at radius 1 is 1.17 bits per heavy atom. The Balaban J connectivity index is 1.59. The molecule has 2 amide bonds. The van der Waals surface area contributed by atoms with Gasteiger partial charge < -0.3 is 9.64 Å². The third kappa shape index (κ3) is 4.30. The number of benzene rings is 1. The SMILES string of the molecule is CN(C)CCOc1ccc(-c2cnc3ccc(/C=C4\SC(=O)NC4=O)nn23)cc1. The summed E-state index contributed by atoms with van der Waals surface area (Å²) in [5.41, 5.74) is 3.01. The van der Waals surface area contributed by atoms with Crippen molar-refractivity contribution in [2.75, 3.05) is 27.2 Å². The molecule has 8 nitrogen and oxygen atoms in total. The van der Waals surface area contributed by atoms with Crippen molar-refractivity contribution in [1.82, 2.24) is 24.8 Å². The first-order chi connectivity index (χ1) is 14.0. The van der Waals surface area contributed by atoms with Gasteiger partial charge in [-0.3, -0.25) is 14.9 Å². The predicted octanol–water partition coefficient (Wildman–Crippen LogP) is 2.66. The van der Waals surface area contributed by atoms with Gasteiger partial charge in [0.15, 0.2) is 5.65 Å². The van der Waals surface area contributed by atoms with Crippen molar-refractivity contribution in [2.45, 2.75) is 0 Å². The van der Waals surface area contributed by atoms with Crippen LogP contribution in [0.1, 0.15) is 5.69 Å². The summed E-state index contributed by atoms with van der Waals surface area (Å²) in [4.78, 5) is 29.9. The summed E-state index contributed by atoms with van der Waals surface area (Å²) in [7, 11) is 4.01. The van der Waals surface area contributed by atoms with Crippen LogP contribution in [0.3, 0.4) is 0 Å². The minimum atomic E-state index is -0.405. The van der Waals surface area contributed by atoms with Crippen molar-refractivity contribution in [3.8, 4) is 17.0 Å². The van der Waals surface area contributed by atoms with E-state index < -0.39 is 5.91 Å². The van der Waals surface area contributed by atoms with E-state index in [4.69, 9.17) is 4.74 Å². The fourth-order valence-electron chi connectivity index (χ4n) is 2.78. The normalized spacial score (nSPS) is 15.5. The van der Waals surface area contributed by atoms with Gasteiger partial charge in [-0.25, -0.2) is 9.50 Å². The molecule has 2 aromatic heterocycles. The Labute approximate surface area is 171 Å². The minimum absolute atomic E-state index is 0.322. The second-order valence-corrected chi connectivity index (χ2v) is 7.71. The molecule has 1 N–H and O–H groups in total. The van der Waals surface area contributed by atoms with Gasteiger partial charge >= 0.3 is 0 Å². The van der Waals surface area contributed by atoms with Gasteiger partial charge in [0, 0.05) is 12.1 Å². The van der Waals surface area contributed by atoms with Gasteiger partial charge in [-0.05, 0) is 68.3 Å². The molecule has 29 heavy (non-hydrogen) atoms. The van der Waals surface area contributed by atoms with E-state index in [1.54, 1.807) is 22.9 Å². The van der Waals surface area contributed by atoms with Crippen LogP contribution >= 0.6 is 11.8 Å². The molecule has 3 aromatic rings. The monoisotopic (exact) mass is 409 g/mol. The molecule has 1 aliphatic heterocycles. The maximum atomic E-state index is 11.8. The summed E-state index contributed by atoms with van der Waals surface area (Å²) < 4.78 is 7.45. The number of fused-ring (bicyclic) bond motifs is 1. The summed E-state index contributed by atoms with van der Waals surface area (Å²) in [6.45, 7) is 1.47. The molecule has 148 valence electrons. The van der Waals surface area contributed by atoms with Gasteiger partial charge in [-0.15, -0.1) is 0 Å². The van der Waals surface area contributed by atoms with E-state index in [0.717, 1.165) is 35.3 Å². The smallest absolute Gasteiger partial charge is 0.290 e. The number of hydrogen-bond donors (Lipinski definition) is 1. The molecule has 1 saturated heterocycles. The summed E-state index contributed by atoms with van der Waals surface area (Å²) in [5.74, 6) is 0.398. The highest BCUT2D eigenvalue weighted by molar-refractivity contribution is 8.18. The predicted molar refractivity (Wildman–Crippen MR) is 112 cm³/mol. The lowest BCUT2D eigenvalue weighted by molar-refractivity contribution is -0.115. The van der Waals surface area contributed by atoms with Gasteiger partial charge in [0.1, 0.15) is 12.4 Å². The molecule has 9 heteroatoms. The number of thioether (sulfide) groups is 1. The van der Waals surface area contributed by atoms with Crippen LogP contribution in [0, 0.1) is 0 Å². The van der Waals surface area contributed by atoms with Crippen LogP contribution in [0.2, 0.25) is 0 Å². The van der Waals surface area contributed by atoms with Crippen LogP contribution < -0.4 is 10.1 Å². The lowest BCUT2D eigenvalue weighted by Gasteiger charge is -2.11. The Bertz CT molecular complexity index is 1110. The number of nitrogens with one attached hydrogen (secondary N) is 1. The third-order valence-corrected chi connectivity index (χ3v) is 5.07. The number of rotatable bonds is 6. The first-order valence-electron chi connectivity index (χ1n) is 8.97. The maximum Gasteiger partial charge on any atom is 0.290 e.